The van der Waals surface area contributed by atoms with Crippen LogP contribution in [0, 0.1) is 0 Å². The summed E-state index contributed by atoms with van der Waals surface area (Å²) in [5.41, 5.74) is 0.692. The molecule has 0 heterocycles. The highest BCUT2D eigenvalue weighted by Crippen LogP contribution is 2.60. The minimum atomic E-state index is -1.27. The molecule has 0 spiro atoms. The Kier molecular flexibility index (Phi) is 4.77. The maximum absolute atomic E-state index is 2.39. The van der Waals surface area contributed by atoms with Crippen LogP contribution in [0.15, 0.2) is 60.7 Å². The van der Waals surface area contributed by atoms with E-state index in [9.17, 15) is 0 Å². The van der Waals surface area contributed by atoms with Crippen LogP contribution in [-0.4, -0.2) is 11.8 Å². The lowest BCUT2D eigenvalue weighted by Crippen LogP contribution is -2.30. The Morgan fingerprint density at radius 1 is 0.789 bits per heavy atom. The van der Waals surface area contributed by atoms with Gasteiger partial charge in [-0.05, 0) is 44.5 Å². The van der Waals surface area contributed by atoms with Crippen LogP contribution in [0.2, 0.25) is 0 Å². The van der Waals surface area contributed by atoms with Crippen molar-refractivity contribution in [1.29, 1.82) is 0 Å². The molecule has 100 valence electrons. The van der Waals surface area contributed by atoms with E-state index in [0.29, 0.717) is 5.66 Å². The third kappa shape index (κ3) is 2.74. The van der Waals surface area contributed by atoms with Crippen molar-refractivity contribution in [2.45, 2.75) is 32.9 Å². The largest absolute Gasteiger partial charge is 0.0994 e. The molecule has 2 rings (SSSR count). The van der Waals surface area contributed by atoms with Crippen LogP contribution in [0.1, 0.15) is 27.2 Å². The highest BCUT2D eigenvalue weighted by atomic mass is 31.2. The van der Waals surface area contributed by atoms with E-state index in [0.717, 1.165) is 0 Å². The molecule has 0 aliphatic carbocycles. The van der Waals surface area contributed by atoms with E-state index in [2.05, 4.69) is 81.4 Å². The summed E-state index contributed by atoms with van der Waals surface area (Å²) in [5.74, 6) is 0. The van der Waals surface area contributed by atoms with Gasteiger partial charge in [-0.25, -0.2) is 0 Å². The normalized spacial score (nSPS) is 11.8. The van der Waals surface area contributed by atoms with Crippen molar-refractivity contribution in [3.05, 3.63) is 60.7 Å². The molecule has 0 nitrogen and oxygen atoms in total. The Labute approximate surface area is 118 Å². The lowest BCUT2D eigenvalue weighted by Gasteiger charge is -2.31. The van der Waals surface area contributed by atoms with Crippen molar-refractivity contribution in [3.63, 3.8) is 0 Å². The summed E-state index contributed by atoms with van der Waals surface area (Å²) in [7, 11) is -1.27. The van der Waals surface area contributed by atoms with Gasteiger partial charge in [0.15, 0.2) is 0 Å². The summed E-state index contributed by atoms with van der Waals surface area (Å²) < 4.78 is 0. The first-order valence-electron chi connectivity index (χ1n) is 7.20. The Balaban J connectivity index is 2.61. The molecular weight excluding hydrogens is 247 g/mol. The van der Waals surface area contributed by atoms with Crippen LogP contribution in [0.5, 0.6) is 0 Å². The van der Waals surface area contributed by atoms with E-state index in [1.54, 1.807) is 10.6 Å². The number of hydrogen-bond donors (Lipinski definition) is 0. The molecule has 0 N–H and O–H groups in total. The molecule has 1 heteroatoms. The van der Waals surface area contributed by atoms with Gasteiger partial charge in [0.2, 0.25) is 0 Å². The average molecular weight is 271 g/mol. The molecular formula is C18H24P+. The Bertz CT molecular complexity index is 448. The predicted molar refractivity (Wildman–Crippen MR) is 89.4 cm³/mol. The molecule has 0 saturated carbocycles. The summed E-state index contributed by atoms with van der Waals surface area (Å²) in [6.45, 7) is 7.09. The number of benzene rings is 2. The smallest absolute Gasteiger partial charge is 0.0620 e. The summed E-state index contributed by atoms with van der Waals surface area (Å²) in [6, 6.07) is 22.3. The molecule has 0 amide bonds. The van der Waals surface area contributed by atoms with Gasteiger partial charge in [0.25, 0.3) is 0 Å². The van der Waals surface area contributed by atoms with Crippen LogP contribution >= 0.6 is 7.26 Å². The molecule has 2 aromatic rings. The summed E-state index contributed by atoms with van der Waals surface area (Å²) >= 11 is 0. The van der Waals surface area contributed by atoms with E-state index in [4.69, 9.17) is 0 Å². The van der Waals surface area contributed by atoms with Crippen molar-refractivity contribution in [2.24, 2.45) is 0 Å². The lowest BCUT2D eigenvalue weighted by atomic mass is 10.4. The van der Waals surface area contributed by atoms with E-state index in [1.165, 1.54) is 12.6 Å². The molecule has 0 aliphatic heterocycles. The Morgan fingerprint density at radius 2 is 1.21 bits per heavy atom. The van der Waals surface area contributed by atoms with Crippen LogP contribution in [-0.2, 0) is 0 Å². The monoisotopic (exact) mass is 271 g/mol. The molecule has 0 bridgehead atoms. The molecule has 2 aromatic carbocycles. The van der Waals surface area contributed by atoms with Crippen molar-refractivity contribution in [1.82, 2.24) is 0 Å². The quantitative estimate of drug-likeness (QED) is 0.704. The molecule has 0 atom stereocenters. The van der Waals surface area contributed by atoms with Gasteiger partial charge in [-0.3, -0.25) is 0 Å². The minimum absolute atomic E-state index is 0.692. The molecule has 0 saturated heterocycles. The predicted octanol–water partition coefficient (Wildman–Crippen LogP) is 4.47. The fourth-order valence-corrected chi connectivity index (χ4v) is 7.64. The summed E-state index contributed by atoms with van der Waals surface area (Å²) in [5, 5.41) is 3.11. The lowest BCUT2D eigenvalue weighted by molar-refractivity contribution is 1.03. The van der Waals surface area contributed by atoms with E-state index >= 15 is 0 Å². The SMILES string of the molecule is CCC[P+](c1ccccc1)(c1ccccc1)C(C)C. The van der Waals surface area contributed by atoms with Gasteiger partial charge in [-0.1, -0.05) is 43.3 Å². The third-order valence-electron chi connectivity index (χ3n) is 3.89. The first kappa shape index (κ1) is 14.3. The molecule has 0 aromatic heterocycles. The second-order valence-corrected chi connectivity index (χ2v) is 9.61. The number of rotatable bonds is 5. The van der Waals surface area contributed by atoms with Gasteiger partial charge in [-0.15, -0.1) is 0 Å². The van der Waals surface area contributed by atoms with Crippen molar-refractivity contribution in [3.8, 4) is 0 Å². The Morgan fingerprint density at radius 3 is 1.53 bits per heavy atom. The van der Waals surface area contributed by atoms with E-state index in [-0.39, 0.29) is 0 Å². The third-order valence-corrected chi connectivity index (χ3v) is 9.25. The molecule has 0 radical (unpaired) electrons. The van der Waals surface area contributed by atoms with E-state index in [1.807, 2.05) is 0 Å². The molecule has 19 heavy (non-hydrogen) atoms. The topological polar surface area (TPSA) is 0 Å². The van der Waals surface area contributed by atoms with Crippen LogP contribution in [0.25, 0.3) is 0 Å². The standard InChI is InChI=1S/C18H24P/c1-4-15-19(16(2)3,17-11-7-5-8-12-17)18-13-9-6-10-14-18/h5-14,16H,4,15H2,1-3H3/q+1. The van der Waals surface area contributed by atoms with Crippen LogP contribution in [0.3, 0.4) is 0 Å². The molecule has 0 aliphatic rings. The first-order chi connectivity index (χ1) is 9.21. The maximum Gasteiger partial charge on any atom is 0.0994 e. The fraction of sp³-hybridized carbons (Fsp3) is 0.333. The van der Waals surface area contributed by atoms with Crippen molar-refractivity contribution >= 4 is 17.9 Å². The highest BCUT2D eigenvalue weighted by molar-refractivity contribution is 7.90. The highest BCUT2D eigenvalue weighted by Gasteiger charge is 2.44. The van der Waals surface area contributed by atoms with Gasteiger partial charge in [0.1, 0.15) is 0 Å². The van der Waals surface area contributed by atoms with Crippen LogP contribution < -0.4 is 10.6 Å². The van der Waals surface area contributed by atoms with Gasteiger partial charge in [0.05, 0.1) is 29.7 Å². The average Bonchev–Trinajstić information content (AvgIpc) is 2.46. The van der Waals surface area contributed by atoms with Gasteiger partial charge in [0, 0.05) is 0 Å². The second kappa shape index (κ2) is 6.35. The zero-order chi connectivity index (χ0) is 13.7. The van der Waals surface area contributed by atoms with Crippen molar-refractivity contribution in [2.75, 3.05) is 6.16 Å². The van der Waals surface area contributed by atoms with Crippen molar-refractivity contribution < 1.29 is 0 Å². The molecule has 0 fully saturated rings. The first-order valence-corrected chi connectivity index (χ1v) is 9.25. The fourth-order valence-electron chi connectivity index (χ4n) is 3.00. The molecule has 0 unspecified atom stereocenters. The van der Waals surface area contributed by atoms with E-state index < -0.39 is 7.26 Å². The second-order valence-electron chi connectivity index (χ2n) is 5.36. The van der Waals surface area contributed by atoms with Gasteiger partial charge >= 0.3 is 0 Å². The zero-order valence-corrected chi connectivity index (χ0v) is 13.1. The minimum Gasteiger partial charge on any atom is -0.0620 e. The Hall–Kier alpha value is -1.13. The van der Waals surface area contributed by atoms with Gasteiger partial charge in [-0.2, -0.15) is 0 Å². The summed E-state index contributed by atoms with van der Waals surface area (Å²) in [4.78, 5) is 0. The summed E-state index contributed by atoms with van der Waals surface area (Å²) in [6.07, 6.45) is 2.55. The van der Waals surface area contributed by atoms with Crippen LogP contribution in [0.4, 0.5) is 0 Å². The number of hydrogen-bond acceptors (Lipinski definition) is 0. The zero-order valence-electron chi connectivity index (χ0n) is 12.2. The maximum atomic E-state index is 2.39. The van der Waals surface area contributed by atoms with Gasteiger partial charge < -0.3 is 0 Å².